The predicted octanol–water partition coefficient (Wildman–Crippen LogP) is 4.16. The van der Waals surface area contributed by atoms with Gasteiger partial charge in [0.25, 0.3) is 0 Å². The summed E-state index contributed by atoms with van der Waals surface area (Å²) in [5.74, 6) is -0.356. The molecule has 27 heavy (non-hydrogen) atoms. The highest BCUT2D eigenvalue weighted by Crippen LogP contribution is 2.22. The van der Waals surface area contributed by atoms with Crippen LogP contribution in [-0.2, 0) is 9.59 Å². The Morgan fingerprint density at radius 3 is 2.30 bits per heavy atom. The van der Waals surface area contributed by atoms with Crippen molar-refractivity contribution in [2.45, 2.75) is 33.7 Å². The first-order valence-electron chi connectivity index (χ1n) is 8.81. The molecule has 2 N–H and O–H groups in total. The van der Waals surface area contributed by atoms with Crippen molar-refractivity contribution in [1.82, 2.24) is 4.90 Å². The van der Waals surface area contributed by atoms with Gasteiger partial charge in [0.1, 0.15) is 0 Å². The third kappa shape index (κ3) is 5.81. The van der Waals surface area contributed by atoms with E-state index in [0.29, 0.717) is 10.7 Å². The lowest BCUT2D eigenvalue weighted by atomic mass is 10.1. The highest BCUT2D eigenvalue weighted by atomic mass is 35.5. The fourth-order valence-corrected chi connectivity index (χ4v) is 3.12. The molecule has 144 valence electrons. The van der Waals surface area contributed by atoms with E-state index < -0.39 is 6.04 Å². The summed E-state index contributed by atoms with van der Waals surface area (Å²) in [6.07, 6.45) is 0. The van der Waals surface area contributed by atoms with Gasteiger partial charge in [0, 0.05) is 16.4 Å². The molecule has 0 saturated carbocycles. The normalized spacial score (nSPS) is 12.0. The highest BCUT2D eigenvalue weighted by Gasteiger charge is 2.21. The number of carbonyl (C=O) groups excluding carboxylic acids is 2. The molecule has 6 heteroatoms. The Morgan fingerprint density at radius 2 is 1.70 bits per heavy atom. The number of rotatable bonds is 6. The van der Waals surface area contributed by atoms with Gasteiger partial charge in [-0.1, -0.05) is 35.4 Å². The summed E-state index contributed by atoms with van der Waals surface area (Å²) in [5.41, 5.74) is 4.66. The molecule has 2 aromatic carbocycles. The molecule has 0 aliphatic carbocycles. The van der Waals surface area contributed by atoms with E-state index >= 15 is 0 Å². The van der Waals surface area contributed by atoms with Gasteiger partial charge in [0.05, 0.1) is 12.6 Å². The Balaban J connectivity index is 1.96. The van der Waals surface area contributed by atoms with Gasteiger partial charge in [0.15, 0.2) is 0 Å². The predicted molar refractivity (Wildman–Crippen MR) is 111 cm³/mol. The summed E-state index contributed by atoms with van der Waals surface area (Å²) in [6, 6.07) is 10.6. The van der Waals surface area contributed by atoms with Crippen molar-refractivity contribution in [1.29, 1.82) is 0 Å². The average Bonchev–Trinajstić information content (AvgIpc) is 2.57. The second-order valence-corrected chi connectivity index (χ2v) is 7.35. The number of benzene rings is 2. The van der Waals surface area contributed by atoms with Crippen LogP contribution in [0.2, 0.25) is 5.02 Å². The molecule has 2 amide bonds. The summed E-state index contributed by atoms with van der Waals surface area (Å²) in [5, 5.41) is 6.32. The van der Waals surface area contributed by atoms with Crippen LogP contribution in [0.4, 0.5) is 11.4 Å². The lowest BCUT2D eigenvalue weighted by Crippen LogP contribution is -2.43. The molecule has 2 rings (SSSR count). The number of anilines is 2. The summed E-state index contributed by atoms with van der Waals surface area (Å²) < 4.78 is 0. The number of hydrogen-bond donors (Lipinski definition) is 2. The maximum Gasteiger partial charge on any atom is 0.241 e. The van der Waals surface area contributed by atoms with Crippen LogP contribution in [0.5, 0.6) is 0 Å². The quantitative estimate of drug-likeness (QED) is 0.782. The molecule has 0 fully saturated rings. The van der Waals surface area contributed by atoms with Crippen molar-refractivity contribution in [3.8, 4) is 0 Å². The number of amides is 2. The van der Waals surface area contributed by atoms with Crippen LogP contribution in [0.1, 0.15) is 23.6 Å². The fraction of sp³-hybridized carbons (Fsp3) is 0.333. The van der Waals surface area contributed by atoms with Crippen molar-refractivity contribution < 1.29 is 9.59 Å². The third-order valence-electron chi connectivity index (χ3n) is 4.47. The lowest BCUT2D eigenvalue weighted by molar-refractivity contribution is -0.122. The number of carbonyl (C=O) groups is 2. The van der Waals surface area contributed by atoms with E-state index in [1.54, 1.807) is 43.1 Å². The molecule has 0 bridgehead atoms. The van der Waals surface area contributed by atoms with Crippen molar-refractivity contribution in [3.63, 3.8) is 0 Å². The molecular formula is C21H26ClN3O2. The van der Waals surface area contributed by atoms with E-state index in [4.69, 9.17) is 11.6 Å². The Hall–Kier alpha value is -2.37. The van der Waals surface area contributed by atoms with Gasteiger partial charge >= 0.3 is 0 Å². The van der Waals surface area contributed by atoms with Crippen LogP contribution in [0.3, 0.4) is 0 Å². The number of nitrogens with one attached hydrogen (secondary N) is 2. The summed E-state index contributed by atoms with van der Waals surface area (Å²) in [6.45, 7) is 7.84. The van der Waals surface area contributed by atoms with Gasteiger partial charge in [-0.25, -0.2) is 0 Å². The molecule has 5 nitrogen and oxygen atoms in total. The molecular weight excluding hydrogens is 362 g/mol. The van der Waals surface area contributed by atoms with E-state index in [1.165, 1.54) is 0 Å². The van der Waals surface area contributed by atoms with Crippen LogP contribution in [-0.4, -0.2) is 36.3 Å². The van der Waals surface area contributed by atoms with Crippen LogP contribution < -0.4 is 10.6 Å². The van der Waals surface area contributed by atoms with Crippen molar-refractivity contribution in [2.24, 2.45) is 0 Å². The minimum atomic E-state index is -0.477. The first kappa shape index (κ1) is 20.9. The first-order valence-corrected chi connectivity index (χ1v) is 9.19. The van der Waals surface area contributed by atoms with Crippen molar-refractivity contribution >= 4 is 34.8 Å². The number of nitrogens with zero attached hydrogens (tertiary/aromatic N) is 1. The summed E-state index contributed by atoms with van der Waals surface area (Å²) >= 11 is 5.94. The Labute approximate surface area is 165 Å². The average molecular weight is 388 g/mol. The van der Waals surface area contributed by atoms with Gasteiger partial charge in [-0.3, -0.25) is 14.5 Å². The minimum Gasteiger partial charge on any atom is -0.325 e. The zero-order chi connectivity index (χ0) is 20.1. The molecule has 0 heterocycles. The molecule has 0 aliphatic rings. The van der Waals surface area contributed by atoms with E-state index in [-0.39, 0.29) is 18.4 Å². The molecule has 0 radical (unpaired) electrons. The lowest BCUT2D eigenvalue weighted by Gasteiger charge is -2.24. The topological polar surface area (TPSA) is 61.4 Å². The first-order chi connectivity index (χ1) is 12.7. The number of hydrogen-bond acceptors (Lipinski definition) is 3. The monoisotopic (exact) mass is 387 g/mol. The number of halogens is 1. The van der Waals surface area contributed by atoms with Gasteiger partial charge in [-0.05, 0) is 64.1 Å². The fourth-order valence-electron chi connectivity index (χ4n) is 2.93. The zero-order valence-electron chi connectivity index (χ0n) is 16.4. The summed E-state index contributed by atoms with van der Waals surface area (Å²) in [7, 11) is 1.75. The van der Waals surface area contributed by atoms with Crippen molar-refractivity contribution in [3.05, 3.63) is 58.1 Å². The van der Waals surface area contributed by atoms with Crippen LogP contribution in [0, 0.1) is 20.8 Å². The van der Waals surface area contributed by atoms with Gasteiger partial charge in [-0.2, -0.15) is 0 Å². The molecule has 1 atom stereocenters. The Kier molecular flexibility index (Phi) is 6.99. The van der Waals surface area contributed by atoms with Crippen LogP contribution in [0.25, 0.3) is 0 Å². The van der Waals surface area contributed by atoms with Gasteiger partial charge in [0.2, 0.25) is 11.8 Å². The third-order valence-corrected chi connectivity index (χ3v) is 4.70. The molecule has 0 saturated heterocycles. The number of likely N-dealkylation sites (N-methyl/N-ethyl adjacent to an activating group) is 1. The second kappa shape index (κ2) is 9.02. The second-order valence-electron chi connectivity index (χ2n) is 6.91. The Bertz CT molecular complexity index is 828. The smallest absolute Gasteiger partial charge is 0.241 e. The van der Waals surface area contributed by atoms with E-state index in [9.17, 15) is 9.59 Å². The summed E-state index contributed by atoms with van der Waals surface area (Å²) in [4.78, 5) is 26.6. The maximum absolute atomic E-state index is 12.4. The molecule has 0 aromatic heterocycles. The standard InChI is InChI=1S/C21H26ClN3O2/c1-13-9-14(2)20(15(3)10-13)24-19(26)12-25(5)16(4)21(27)23-18-8-6-7-17(22)11-18/h6-11,16H,12H2,1-5H3,(H,23,27)(H,24,26)/t16-/m0/s1. The molecule has 0 aliphatic heterocycles. The van der Waals surface area contributed by atoms with E-state index in [2.05, 4.69) is 10.6 Å². The van der Waals surface area contributed by atoms with Gasteiger partial charge in [-0.15, -0.1) is 0 Å². The van der Waals surface area contributed by atoms with E-state index in [0.717, 1.165) is 22.4 Å². The van der Waals surface area contributed by atoms with Gasteiger partial charge < -0.3 is 10.6 Å². The zero-order valence-corrected chi connectivity index (χ0v) is 17.1. The Morgan fingerprint density at radius 1 is 1.07 bits per heavy atom. The molecule has 2 aromatic rings. The highest BCUT2D eigenvalue weighted by molar-refractivity contribution is 6.30. The van der Waals surface area contributed by atoms with Crippen LogP contribution >= 0.6 is 11.6 Å². The molecule has 0 spiro atoms. The van der Waals surface area contributed by atoms with E-state index in [1.807, 2.05) is 32.9 Å². The largest absolute Gasteiger partial charge is 0.325 e. The molecule has 0 unspecified atom stereocenters. The van der Waals surface area contributed by atoms with Crippen molar-refractivity contribution in [2.75, 3.05) is 24.2 Å². The van der Waals surface area contributed by atoms with Crippen LogP contribution in [0.15, 0.2) is 36.4 Å². The maximum atomic E-state index is 12.4. The SMILES string of the molecule is Cc1cc(C)c(NC(=O)CN(C)[C@@H](C)C(=O)Nc2cccc(Cl)c2)c(C)c1. The minimum absolute atomic E-state index is 0.108. The number of aryl methyl sites for hydroxylation is 3.